The highest BCUT2D eigenvalue weighted by Crippen LogP contribution is 2.23. The molecular formula is C12H11FN2O2S. The molecule has 0 aliphatic heterocycles. The first-order valence-corrected chi connectivity index (χ1v) is 6.12. The Hall–Kier alpha value is -1.95. The average Bonchev–Trinajstić information content (AvgIpc) is 2.69. The van der Waals surface area contributed by atoms with Gasteiger partial charge >= 0.3 is 5.97 Å². The van der Waals surface area contributed by atoms with Crippen molar-refractivity contribution < 1.29 is 14.3 Å². The molecule has 0 aliphatic rings. The number of aromatic nitrogens is 1. The lowest BCUT2D eigenvalue weighted by molar-refractivity contribution is -0.136. The van der Waals surface area contributed by atoms with E-state index in [0.29, 0.717) is 16.5 Å². The Balaban J connectivity index is 2.13. The second-order valence-corrected chi connectivity index (χ2v) is 4.68. The van der Waals surface area contributed by atoms with E-state index >= 15 is 0 Å². The van der Waals surface area contributed by atoms with Crippen molar-refractivity contribution in [3.05, 3.63) is 40.7 Å². The lowest BCUT2D eigenvalue weighted by atomic mass is 10.2. The maximum atomic E-state index is 13.6. The third kappa shape index (κ3) is 3.04. The molecule has 0 fully saturated rings. The van der Waals surface area contributed by atoms with Gasteiger partial charge in [0.1, 0.15) is 5.82 Å². The summed E-state index contributed by atoms with van der Waals surface area (Å²) in [4.78, 5) is 14.6. The van der Waals surface area contributed by atoms with Gasteiger partial charge in [0.05, 0.1) is 17.8 Å². The molecule has 1 aromatic heterocycles. The lowest BCUT2D eigenvalue weighted by Gasteiger charge is -2.04. The van der Waals surface area contributed by atoms with E-state index in [9.17, 15) is 9.18 Å². The van der Waals surface area contributed by atoms with Crippen LogP contribution in [0.1, 0.15) is 11.3 Å². The van der Waals surface area contributed by atoms with Gasteiger partial charge in [0, 0.05) is 5.38 Å². The van der Waals surface area contributed by atoms with Crippen molar-refractivity contribution in [3.8, 4) is 0 Å². The molecule has 0 unspecified atom stereocenters. The molecular weight excluding hydrogens is 255 g/mol. The number of benzene rings is 1. The summed E-state index contributed by atoms with van der Waals surface area (Å²) in [5, 5.41) is 13.6. The van der Waals surface area contributed by atoms with Gasteiger partial charge in [-0.1, -0.05) is 6.07 Å². The molecule has 0 saturated heterocycles. The summed E-state index contributed by atoms with van der Waals surface area (Å²) in [6, 6.07) is 4.84. The Bertz CT molecular complexity index is 583. The molecule has 0 aliphatic carbocycles. The number of hydrogen-bond acceptors (Lipinski definition) is 4. The number of carboxylic acids is 1. The van der Waals surface area contributed by atoms with Crippen LogP contribution in [0.15, 0.2) is 23.6 Å². The van der Waals surface area contributed by atoms with Crippen molar-refractivity contribution in [2.24, 2.45) is 0 Å². The highest BCUT2D eigenvalue weighted by Gasteiger charge is 2.08. The number of rotatable bonds is 4. The van der Waals surface area contributed by atoms with E-state index in [4.69, 9.17) is 5.11 Å². The number of carboxylic acid groups (broad SMARTS) is 1. The van der Waals surface area contributed by atoms with Gasteiger partial charge in [-0.15, -0.1) is 11.3 Å². The van der Waals surface area contributed by atoms with E-state index in [0.717, 1.165) is 5.56 Å². The van der Waals surface area contributed by atoms with Crippen molar-refractivity contribution in [1.29, 1.82) is 0 Å². The molecule has 2 N–H and O–H groups in total. The van der Waals surface area contributed by atoms with E-state index in [1.165, 1.54) is 17.4 Å². The van der Waals surface area contributed by atoms with Crippen LogP contribution >= 0.6 is 11.3 Å². The number of anilines is 2. The highest BCUT2D eigenvalue weighted by molar-refractivity contribution is 7.13. The van der Waals surface area contributed by atoms with E-state index in [1.54, 1.807) is 24.4 Å². The number of thiazole rings is 1. The van der Waals surface area contributed by atoms with Crippen molar-refractivity contribution in [1.82, 2.24) is 4.98 Å². The second kappa shape index (κ2) is 5.14. The molecule has 94 valence electrons. The highest BCUT2D eigenvalue weighted by atomic mass is 32.1. The maximum absolute atomic E-state index is 13.6. The fourth-order valence-corrected chi connectivity index (χ4v) is 2.16. The third-order valence-corrected chi connectivity index (χ3v) is 3.06. The number of hydrogen-bond donors (Lipinski definition) is 2. The minimum atomic E-state index is -0.937. The van der Waals surface area contributed by atoms with E-state index < -0.39 is 5.97 Å². The van der Waals surface area contributed by atoms with E-state index in [1.807, 2.05) is 0 Å². The predicted molar refractivity (Wildman–Crippen MR) is 67.9 cm³/mol. The molecule has 2 rings (SSSR count). The number of halogens is 1. The van der Waals surface area contributed by atoms with Crippen molar-refractivity contribution in [2.75, 3.05) is 5.32 Å². The van der Waals surface area contributed by atoms with Crippen LogP contribution in [0.2, 0.25) is 0 Å². The molecule has 1 aromatic carbocycles. The van der Waals surface area contributed by atoms with Gasteiger partial charge in [0.15, 0.2) is 5.13 Å². The third-order valence-electron chi connectivity index (χ3n) is 2.25. The van der Waals surface area contributed by atoms with E-state index in [2.05, 4.69) is 10.3 Å². The first-order valence-electron chi connectivity index (χ1n) is 5.24. The van der Waals surface area contributed by atoms with Crippen LogP contribution < -0.4 is 5.32 Å². The van der Waals surface area contributed by atoms with Crippen LogP contribution in [-0.4, -0.2) is 16.1 Å². The van der Waals surface area contributed by atoms with Crippen LogP contribution in [0.3, 0.4) is 0 Å². The molecule has 0 amide bonds. The fourth-order valence-electron chi connectivity index (χ4n) is 1.44. The number of carbonyl (C=O) groups is 1. The first-order chi connectivity index (χ1) is 8.54. The van der Waals surface area contributed by atoms with Crippen molar-refractivity contribution >= 4 is 28.1 Å². The topological polar surface area (TPSA) is 62.2 Å². The largest absolute Gasteiger partial charge is 0.481 e. The molecule has 2 aromatic rings. The molecule has 0 radical (unpaired) electrons. The average molecular weight is 266 g/mol. The summed E-state index contributed by atoms with van der Waals surface area (Å²) >= 11 is 1.25. The zero-order chi connectivity index (χ0) is 13.1. The lowest BCUT2D eigenvalue weighted by Crippen LogP contribution is -2.00. The fraction of sp³-hybridized carbons (Fsp3) is 0.167. The minimum absolute atomic E-state index is 0.130. The SMILES string of the molecule is Cc1ccc(Nc2nc(CC(=O)O)cs2)c(F)c1. The first kappa shape index (κ1) is 12.5. The second-order valence-electron chi connectivity index (χ2n) is 3.82. The number of aryl methyl sites for hydroxylation is 1. The van der Waals surface area contributed by atoms with E-state index in [-0.39, 0.29) is 12.2 Å². The van der Waals surface area contributed by atoms with Gasteiger partial charge in [-0.25, -0.2) is 9.37 Å². The van der Waals surface area contributed by atoms with Gasteiger partial charge < -0.3 is 10.4 Å². The Morgan fingerprint density at radius 1 is 1.56 bits per heavy atom. The molecule has 0 bridgehead atoms. The summed E-state index contributed by atoms with van der Waals surface area (Å²) < 4.78 is 13.6. The van der Waals surface area contributed by atoms with Crippen LogP contribution in [0.25, 0.3) is 0 Å². The quantitative estimate of drug-likeness (QED) is 0.893. The predicted octanol–water partition coefficient (Wildman–Crippen LogP) is 2.96. The van der Waals surface area contributed by atoms with Crippen molar-refractivity contribution in [2.45, 2.75) is 13.3 Å². The number of nitrogens with one attached hydrogen (secondary N) is 1. The zero-order valence-corrected chi connectivity index (χ0v) is 10.4. The van der Waals surface area contributed by atoms with Crippen LogP contribution in [0.5, 0.6) is 0 Å². The Morgan fingerprint density at radius 2 is 2.33 bits per heavy atom. The summed E-state index contributed by atoms with van der Waals surface area (Å²) in [7, 11) is 0. The minimum Gasteiger partial charge on any atom is -0.481 e. The molecule has 6 heteroatoms. The Labute approximate surface area is 107 Å². The molecule has 18 heavy (non-hydrogen) atoms. The van der Waals surface area contributed by atoms with Gasteiger partial charge in [0.2, 0.25) is 0 Å². The smallest absolute Gasteiger partial charge is 0.309 e. The molecule has 1 heterocycles. The summed E-state index contributed by atoms with van der Waals surface area (Å²) in [6.45, 7) is 1.81. The maximum Gasteiger partial charge on any atom is 0.309 e. The molecule has 0 saturated carbocycles. The van der Waals surface area contributed by atoms with Gasteiger partial charge in [0.25, 0.3) is 0 Å². The summed E-state index contributed by atoms with van der Waals surface area (Å²) in [5.41, 5.74) is 1.63. The Kier molecular flexibility index (Phi) is 3.57. The zero-order valence-electron chi connectivity index (χ0n) is 9.61. The standard InChI is InChI=1S/C12H11FN2O2S/c1-7-2-3-10(9(13)4-7)15-12-14-8(6-18-12)5-11(16)17/h2-4,6H,5H2,1H3,(H,14,15)(H,16,17). The van der Waals surface area contributed by atoms with Crippen LogP contribution in [0, 0.1) is 12.7 Å². The summed E-state index contributed by atoms with van der Waals surface area (Å²) in [6.07, 6.45) is -0.130. The summed E-state index contributed by atoms with van der Waals surface area (Å²) in [5.74, 6) is -1.29. The van der Waals surface area contributed by atoms with Gasteiger partial charge in [-0.05, 0) is 24.6 Å². The number of nitrogens with zero attached hydrogens (tertiary/aromatic N) is 1. The van der Waals surface area contributed by atoms with Crippen molar-refractivity contribution in [3.63, 3.8) is 0 Å². The van der Waals surface area contributed by atoms with Crippen LogP contribution in [0.4, 0.5) is 15.2 Å². The Morgan fingerprint density at radius 3 is 3.00 bits per heavy atom. The number of aliphatic carboxylic acids is 1. The van der Waals surface area contributed by atoms with Gasteiger partial charge in [-0.3, -0.25) is 4.79 Å². The monoisotopic (exact) mass is 266 g/mol. The molecule has 0 atom stereocenters. The van der Waals surface area contributed by atoms with Gasteiger partial charge in [-0.2, -0.15) is 0 Å². The molecule has 0 spiro atoms. The normalized spacial score (nSPS) is 10.3. The van der Waals surface area contributed by atoms with Crippen LogP contribution in [-0.2, 0) is 11.2 Å². The molecule has 4 nitrogen and oxygen atoms in total.